The second-order valence-electron chi connectivity index (χ2n) is 4.42. The number of benzene rings is 2. The molecule has 110 valence electrons. The molecule has 1 amide bonds. The molecule has 1 atom stereocenters. The normalized spacial score (nSPS) is 11.9. The molecular weight excluding hydrogens is 302 g/mol. The van der Waals surface area contributed by atoms with Crippen molar-refractivity contribution in [3.05, 3.63) is 54.6 Å². The molecule has 2 rings (SSSR count). The van der Waals surface area contributed by atoms with Crippen molar-refractivity contribution in [2.75, 3.05) is 16.8 Å². The first-order chi connectivity index (χ1) is 10.1. The van der Waals surface area contributed by atoms with E-state index in [1.807, 2.05) is 54.6 Å². The van der Waals surface area contributed by atoms with Gasteiger partial charge in [-0.15, -0.1) is 11.8 Å². The zero-order valence-corrected chi connectivity index (χ0v) is 13.4. The van der Waals surface area contributed by atoms with Crippen LogP contribution in [-0.4, -0.2) is 21.6 Å². The van der Waals surface area contributed by atoms with Crippen molar-refractivity contribution in [1.82, 2.24) is 0 Å². The van der Waals surface area contributed by atoms with E-state index >= 15 is 0 Å². The first-order valence-electron chi connectivity index (χ1n) is 6.59. The van der Waals surface area contributed by atoms with E-state index in [9.17, 15) is 9.00 Å². The number of hydrogen-bond acceptors (Lipinski definition) is 3. The van der Waals surface area contributed by atoms with Crippen molar-refractivity contribution < 1.29 is 9.00 Å². The lowest BCUT2D eigenvalue weighted by Gasteiger charge is -2.05. The minimum atomic E-state index is -0.947. The Bertz CT molecular complexity index is 612. The Morgan fingerprint density at radius 3 is 2.38 bits per heavy atom. The van der Waals surface area contributed by atoms with E-state index in [1.165, 1.54) is 6.92 Å². The highest BCUT2D eigenvalue weighted by Crippen LogP contribution is 2.21. The van der Waals surface area contributed by atoms with Gasteiger partial charge in [-0.1, -0.05) is 18.2 Å². The van der Waals surface area contributed by atoms with E-state index in [-0.39, 0.29) is 5.91 Å². The van der Waals surface area contributed by atoms with Gasteiger partial charge in [0.15, 0.2) is 0 Å². The number of rotatable bonds is 6. The van der Waals surface area contributed by atoms with E-state index in [1.54, 1.807) is 11.8 Å². The highest BCUT2D eigenvalue weighted by Gasteiger charge is 2.03. The fourth-order valence-electron chi connectivity index (χ4n) is 1.76. The number of thioether (sulfide) groups is 1. The summed E-state index contributed by atoms with van der Waals surface area (Å²) in [5, 5.41) is 2.73. The summed E-state index contributed by atoms with van der Waals surface area (Å²) in [5.74, 6) is 1.34. The summed E-state index contributed by atoms with van der Waals surface area (Å²) in [6.07, 6.45) is 0. The van der Waals surface area contributed by atoms with Gasteiger partial charge in [-0.05, 0) is 36.4 Å². The van der Waals surface area contributed by atoms with Crippen molar-refractivity contribution in [2.24, 2.45) is 0 Å². The van der Waals surface area contributed by atoms with Gasteiger partial charge in [0.25, 0.3) is 0 Å². The lowest BCUT2D eigenvalue weighted by Crippen LogP contribution is -2.05. The average molecular weight is 319 g/mol. The van der Waals surface area contributed by atoms with E-state index in [0.717, 1.165) is 21.2 Å². The Morgan fingerprint density at radius 2 is 1.76 bits per heavy atom. The largest absolute Gasteiger partial charge is 0.326 e. The topological polar surface area (TPSA) is 46.2 Å². The van der Waals surface area contributed by atoms with Crippen molar-refractivity contribution in [1.29, 1.82) is 0 Å². The molecule has 0 radical (unpaired) electrons. The molecule has 2 aromatic carbocycles. The quantitative estimate of drug-likeness (QED) is 0.828. The molecule has 0 aliphatic heterocycles. The molecule has 1 unspecified atom stereocenters. The summed E-state index contributed by atoms with van der Waals surface area (Å²) in [6.45, 7) is 1.49. The van der Waals surface area contributed by atoms with Crippen LogP contribution in [0.25, 0.3) is 0 Å². The number of amides is 1. The van der Waals surface area contributed by atoms with Crippen LogP contribution < -0.4 is 5.32 Å². The van der Waals surface area contributed by atoms with Gasteiger partial charge in [0, 0.05) is 33.9 Å². The molecule has 0 saturated carbocycles. The van der Waals surface area contributed by atoms with Crippen molar-refractivity contribution in [3.63, 3.8) is 0 Å². The maximum Gasteiger partial charge on any atom is 0.221 e. The van der Waals surface area contributed by atoms with E-state index < -0.39 is 10.8 Å². The van der Waals surface area contributed by atoms with Crippen LogP contribution in [0.3, 0.4) is 0 Å². The molecule has 21 heavy (non-hydrogen) atoms. The predicted molar refractivity (Wildman–Crippen MR) is 89.2 cm³/mol. The lowest BCUT2D eigenvalue weighted by atomic mass is 10.3. The van der Waals surface area contributed by atoms with Crippen LogP contribution in [0.5, 0.6) is 0 Å². The molecule has 5 heteroatoms. The summed E-state index contributed by atoms with van der Waals surface area (Å²) in [5.41, 5.74) is 0.791. The van der Waals surface area contributed by atoms with Crippen LogP contribution in [0.4, 0.5) is 5.69 Å². The first-order valence-corrected chi connectivity index (χ1v) is 8.89. The van der Waals surface area contributed by atoms with Gasteiger partial charge in [0.2, 0.25) is 5.91 Å². The number of carbonyl (C=O) groups is 1. The van der Waals surface area contributed by atoms with E-state index in [4.69, 9.17) is 0 Å². The molecule has 0 aliphatic carbocycles. The Kier molecular flexibility index (Phi) is 6.02. The zero-order valence-electron chi connectivity index (χ0n) is 11.7. The smallest absolute Gasteiger partial charge is 0.221 e. The molecule has 0 fully saturated rings. The van der Waals surface area contributed by atoms with Crippen molar-refractivity contribution in [2.45, 2.75) is 16.7 Å². The van der Waals surface area contributed by atoms with Gasteiger partial charge in [0.1, 0.15) is 0 Å². The highest BCUT2D eigenvalue weighted by molar-refractivity contribution is 8.00. The molecule has 0 aromatic heterocycles. The second kappa shape index (κ2) is 8.00. The maximum atomic E-state index is 12.1. The third-order valence-corrected chi connectivity index (χ3v) is 5.36. The van der Waals surface area contributed by atoms with Gasteiger partial charge in [-0.2, -0.15) is 0 Å². The number of anilines is 1. The fourth-order valence-corrected chi connectivity index (χ4v) is 3.96. The Morgan fingerprint density at radius 1 is 1.10 bits per heavy atom. The number of hydrogen-bond donors (Lipinski definition) is 1. The van der Waals surface area contributed by atoms with Gasteiger partial charge in [-0.25, -0.2) is 0 Å². The minimum absolute atomic E-state index is 0.0753. The summed E-state index contributed by atoms with van der Waals surface area (Å²) < 4.78 is 12.1. The first kappa shape index (κ1) is 15.8. The molecule has 0 heterocycles. The molecule has 0 aliphatic rings. The fraction of sp³-hybridized carbons (Fsp3) is 0.188. The average Bonchev–Trinajstić information content (AvgIpc) is 2.49. The Labute approximate surface area is 131 Å². The standard InChI is InChI=1S/C16H17NO2S2/c1-13(18)17-14-7-9-15(10-8-14)20-11-12-21(19)16-5-3-2-4-6-16/h2-10H,11-12H2,1H3,(H,17,18). The van der Waals surface area contributed by atoms with Crippen LogP contribution in [0.1, 0.15) is 6.92 Å². The zero-order chi connectivity index (χ0) is 15.1. The Hall–Kier alpha value is -1.59. The van der Waals surface area contributed by atoms with E-state index in [0.29, 0.717) is 5.75 Å². The van der Waals surface area contributed by atoms with Crippen LogP contribution >= 0.6 is 11.8 Å². The minimum Gasteiger partial charge on any atom is -0.326 e. The van der Waals surface area contributed by atoms with Gasteiger partial charge in [-0.3, -0.25) is 9.00 Å². The Balaban J connectivity index is 1.81. The van der Waals surface area contributed by atoms with Gasteiger partial charge < -0.3 is 5.32 Å². The summed E-state index contributed by atoms with van der Waals surface area (Å²) >= 11 is 1.67. The molecule has 0 saturated heterocycles. The molecule has 0 bridgehead atoms. The van der Waals surface area contributed by atoms with Crippen molar-refractivity contribution in [3.8, 4) is 0 Å². The molecule has 0 spiro atoms. The van der Waals surface area contributed by atoms with Crippen LogP contribution in [0.2, 0.25) is 0 Å². The summed E-state index contributed by atoms with van der Waals surface area (Å²) in [6, 6.07) is 17.2. The maximum absolute atomic E-state index is 12.1. The van der Waals surface area contributed by atoms with Gasteiger partial charge >= 0.3 is 0 Å². The van der Waals surface area contributed by atoms with Crippen LogP contribution in [0, 0.1) is 0 Å². The molecule has 1 N–H and O–H groups in total. The summed E-state index contributed by atoms with van der Waals surface area (Å²) in [7, 11) is -0.947. The number of nitrogens with one attached hydrogen (secondary N) is 1. The van der Waals surface area contributed by atoms with Crippen LogP contribution in [-0.2, 0) is 15.6 Å². The molecular formula is C16H17NO2S2. The number of carbonyl (C=O) groups excluding carboxylic acids is 1. The van der Waals surface area contributed by atoms with Crippen LogP contribution in [0.15, 0.2) is 64.4 Å². The third kappa shape index (κ3) is 5.36. The van der Waals surface area contributed by atoms with E-state index in [2.05, 4.69) is 5.32 Å². The lowest BCUT2D eigenvalue weighted by molar-refractivity contribution is -0.114. The second-order valence-corrected chi connectivity index (χ2v) is 7.16. The molecule has 2 aromatic rings. The summed E-state index contributed by atoms with van der Waals surface area (Å²) in [4.78, 5) is 12.9. The monoisotopic (exact) mass is 319 g/mol. The predicted octanol–water partition coefficient (Wildman–Crippen LogP) is 3.54. The highest BCUT2D eigenvalue weighted by atomic mass is 32.2. The molecule has 3 nitrogen and oxygen atoms in total. The third-order valence-electron chi connectivity index (χ3n) is 2.72. The SMILES string of the molecule is CC(=O)Nc1ccc(SCCS(=O)c2ccccc2)cc1. The van der Waals surface area contributed by atoms with Gasteiger partial charge in [0.05, 0.1) is 10.8 Å². The van der Waals surface area contributed by atoms with Crippen molar-refractivity contribution >= 4 is 34.2 Å².